The van der Waals surface area contributed by atoms with Crippen LogP contribution in [0.5, 0.6) is 0 Å². The van der Waals surface area contributed by atoms with Crippen LogP contribution < -0.4 is 11.2 Å². The van der Waals surface area contributed by atoms with Crippen LogP contribution in [0.4, 0.5) is 0 Å². The maximum absolute atomic E-state index is 12.5. The second kappa shape index (κ2) is 8.57. The average Bonchev–Trinajstić information content (AvgIpc) is 3.06. The molecule has 30 heavy (non-hydrogen) atoms. The molecule has 1 atom stereocenters. The van der Waals surface area contributed by atoms with Gasteiger partial charge in [-0.05, 0) is 19.0 Å². The Hall–Kier alpha value is -2.71. The summed E-state index contributed by atoms with van der Waals surface area (Å²) in [5.74, 6) is 0.803. The Kier molecular flexibility index (Phi) is 5.87. The van der Waals surface area contributed by atoms with E-state index >= 15 is 0 Å². The van der Waals surface area contributed by atoms with E-state index in [2.05, 4.69) is 53.0 Å². The van der Waals surface area contributed by atoms with Crippen molar-refractivity contribution in [2.45, 2.75) is 38.9 Å². The molecular weight excluding hydrogens is 380 g/mol. The number of hydrogen-bond acceptors (Lipinski definition) is 5. The molecule has 1 aliphatic heterocycles. The highest BCUT2D eigenvalue weighted by Gasteiger charge is 2.28. The molecule has 8 heteroatoms. The molecular formula is C22H30N6O2. The molecule has 8 nitrogen and oxygen atoms in total. The summed E-state index contributed by atoms with van der Waals surface area (Å²) < 4.78 is 3.44. The maximum Gasteiger partial charge on any atom is 0.330 e. The number of likely N-dealkylation sites (N-methyl/N-ethyl adjacent to an activating group) is 1. The molecule has 0 amide bonds. The van der Waals surface area contributed by atoms with Crippen LogP contribution in [-0.2, 0) is 20.1 Å². The van der Waals surface area contributed by atoms with Crippen LogP contribution in [-0.4, -0.2) is 55.6 Å². The Morgan fingerprint density at radius 3 is 2.63 bits per heavy atom. The van der Waals surface area contributed by atoms with Gasteiger partial charge in [-0.3, -0.25) is 19.2 Å². The predicted molar refractivity (Wildman–Crippen MR) is 118 cm³/mol. The molecule has 3 heterocycles. The fraction of sp³-hybridized carbons (Fsp3) is 0.500. The van der Waals surface area contributed by atoms with E-state index in [1.165, 1.54) is 5.56 Å². The van der Waals surface area contributed by atoms with Crippen molar-refractivity contribution in [2.75, 3.05) is 26.7 Å². The predicted octanol–water partition coefficient (Wildman–Crippen LogP) is 1.71. The minimum Gasteiger partial charge on any atom is -0.324 e. The highest BCUT2D eigenvalue weighted by molar-refractivity contribution is 5.70. The zero-order valence-corrected chi connectivity index (χ0v) is 18.0. The van der Waals surface area contributed by atoms with Crippen molar-refractivity contribution < 1.29 is 0 Å². The first kappa shape index (κ1) is 20.6. The molecule has 1 aromatic carbocycles. The summed E-state index contributed by atoms with van der Waals surface area (Å²) in [7, 11) is 4.01. The molecule has 0 saturated carbocycles. The topological polar surface area (TPSA) is 79.2 Å². The van der Waals surface area contributed by atoms with Crippen LogP contribution in [0.1, 0.15) is 37.2 Å². The highest BCUT2D eigenvalue weighted by atomic mass is 16.2. The van der Waals surface area contributed by atoms with Gasteiger partial charge in [-0.25, -0.2) is 9.78 Å². The van der Waals surface area contributed by atoms with Crippen molar-refractivity contribution in [3.8, 4) is 0 Å². The largest absolute Gasteiger partial charge is 0.330 e. The Morgan fingerprint density at radius 2 is 1.90 bits per heavy atom. The molecule has 1 N–H and O–H groups in total. The van der Waals surface area contributed by atoms with Crippen LogP contribution in [0.3, 0.4) is 0 Å². The van der Waals surface area contributed by atoms with Gasteiger partial charge in [0.2, 0.25) is 0 Å². The summed E-state index contributed by atoms with van der Waals surface area (Å²) in [6, 6.07) is 10.8. The fourth-order valence-electron chi connectivity index (χ4n) is 4.28. The molecule has 1 fully saturated rings. The van der Waals surface area contributed by atoms with E-state index in [4.69, 9.17) is 4.98 Å². The van der Waals surface area contributed by atoms with Crippen LogP contribution in [0.15, 0.2) is 39.9 Å². The number of nitrogens with one attached hydrogen (secondary N) is 1. The lowest BCUT2D eigenvalue weighted by molar-refractivity contribution is 0.0804. The highest BCUT2D eigenvalue weighted by Crippen LogP contribution is 2.26. The van der Waals surface area contributed by atoms with Gasteiger partial charge in [-0.1, -0.05) is 43.7 Å². The van der Waals surface area contributed by atoms with Crippen LogP contribution in [0.25, 0.3) is 11.2 Å². The normalized spacial score (nSPS) is 18.3. The Bertz CT molecular complexity index is 1130. The fourth-order valence-corrected chi connectivity index (χ4v) is 4.28. The number of aryl methyl sites for hydroxylation is 2. The number of benzene rings is 1. The number of fused-ring (bicyclic) bond motifs is 1. The van der Waals surface area contributed by atoms with E-state index in [1.807, 2.05) is 17.7 Å². The minimum atomic E-state index is -0.382. The number of unbranched alkanes of at least 4 members (excludes halogenated alkanes) is 1. The summed E-state index contributed by atoms with van der Waals surface area (Å²) in [4.78, 5) is 36.9. The van der Waals surface area contributed by atoms with Crippen LogP contribution in [0, 0.1) is 0 Å². The number of nitrogens with zero attached hydrogens (tertiary/aromatic N) is 5. The Morgan fingerprint density at radius 1 is 1.13 bits per heavy atom. The van der Waals surface area contributed by atoms with E-state index in [9.17, 15) is 9.59 Å². The lowest BCUT2D eigenvalue weighted by Crippen LogP contribution is -2.46. The SMILES string of the molecule is CCCCn1c(=O)[nH]c(=O)c2c1nc(CN1CCN(C)CC1c1ccccc1)n2C. The van der Waals surface area contributed by atoms with Gasteiger partial charge in [0, 0.05) is 39.3 Å². The smallest absolute Gasteiger partial charge is 0.324 e. The number of rotatable bonds is 6. The summed E-state index contributed by atoms with van der Waals surface area (Å²) in [6.07, 6.45) is 1.83. The molecule has 4 rings (SSSR count). The third-order valence-corrected chi connectivity index (χ3v) is 6.06. The Labute approximate surface area is 175 Å². The zero-order chi connectivity index (χ0) is 21.3. The monoisotopic (exact) mass is 410 g/mol. The van der Waals surface area contributed by atoms with Crippen molar-refractivity contribution in [3.05, 3.63) is 62.6 Å². The van der Waals surface area contributed by atoms with E-state index in [0.29, 0.717) is 24.3 Å². The first-order valence-electron chi connectivity index (χ1n) is 10.7. The molecule has 160 valence electrons. The Balaban J connectivity index is 1.72. The van der Waals surface area contributed by atoms with E-state index in [0.717, 1.165) is 38.3 Å². The molecule has 1 unspecified atom stereocenters. The maximum atomic E-state index is 12.5. The summed E-state index contributed by atoms with van der Waals surface area (Å²) in [6.45, 7) is 6.10. The molecule has 0 aliphatic carbocycles. The second-order valence-corrected chi connectivity index (χ2v) is 8.18. The van der Waals surface area contributed by atoms with Gasteiger partial charge in [0.25, 0.3) is 5.56 Å². The lowest BCUT2D eigenvalue weighted by Gasteiger charge is -2.40. The number of H-pyrrole nitrogens is 1. The number of hydrogen-bond donors (Lipinski definition) is 1. The van der Waals surface area contributed by atoms with E-state index < -0.39 is 0 Å². The van der Waals surface area contributed by atoms with Gasteiger partial charge in [-0.15, -0.1) is 0 Å². The third-order valence-electron chi connectivity index (χ3n) is 6.06. The first-order valence-corrected chi connectivity index (χ1v) is 10.7. The molecule has 1 saturated heterocycles. The van der Waals surface area contributed by atoms with Crippen molar-refractivity contribution in [2.24, 2.45) is 7.05 Å². The third kappa shape index (κ3) is 3.85. The van der Waals surface area contributed by atoms with Crippen LogP contribution >= 0.6 is 0 Å². The molecule has 1 aliphatic rings. The number of imidazole rings is 1. The molecule has 2 aromatic heterocycles. The van der Waals surface area contributed by atoms with Gasteiger partial charge < -0.3 is 9.47 Å². The molecule has 0 bridgehead atoms. The molecule has 0 spiro atoms. The summed E-state index contributed by atoms with van der Waals surface area (Å²) >= 11 is 0. The van der Waals surface area contributed by atoms with Crippen LogP contribution in [0.2, 0.25) is 0 Å². The molecule has 3 aromatic rings. The summed E-state index contributed by atoms with van der Waals surface area (Å²) in [5, 5.41) is 0. The number of aromatic nitrogens is 4. The van der Waals surface area contributed by atoms with Gasteiger partial charge in [0.05, 0.1) is 6.54 Å². The lowest BCUT2D eigenvalue weighted by atomic mass is 10.0. The molecule has 0 radical (unpaired) electrons. The number of piperazine rings is 1. The minimum absolute atomic E-state index is 0.255. The second-order valence-electron chi connectivity index (χ2n) is 8.18. The van der Waals surface area contributed by atoms with Gasteiger partial charge in [0.1, 0.15) is 5.82 Å². The van der Waals surface area contributed by atoms with Gasteiger partial charge in [-0.2, -0.15) is 0 Å². The van der Waals surface area contributed by atoms with Crippen molar-refractivity contribution in [3.63, 3.8) is 0 Å². The zero-order valence-electron chi connectivity index (χ0n) is 18.0. The summed E-state index contributed by atoms with van der Waals surface area (Å²) in [5.41, 5.74) is 1.47. The first-order chi connectivity index (χ1) is 14.5. The quantitative estimate of drug-likeness (QED) is 0.669. The van der Waals surface area contributed by atoms with Crippen molar-refractivity contribution in [1.29, 1.82) is 0 Å². The van der Waals surface area contributed by atoms with E-state index in [-0.39, 0.29) is 17.3 Å². The number of aromatic amines is 1. The van der Waals surface area contributed by atoms with E-state index in [1.54, 1.807) is 4.57 Å². The van der Waals surface area contributed by atoms with Gasteiger partial charge >= 0.3 is 5.69 Å². The standard InChI is InChI=1S/C22H30N6O2/c1-4-5-11-28-20-19(21(29)24-22(28)30)26(3)18(23-20)15-27-13-12-25(2)14-17(27)16-9-7-6-8-10-16/h6-10,17H,4-5,11-15H2,1-3H3,(H,24,29,30). The average molecular weight is 411 g/mol. The van der Waals surface area contributed by atoms with Crippen molar-refractivity contribution >= 4 is 11.2 Å². The van der Waals surface area contributed by atoms with Crippen molar-refractivity contribution in [1.82, 2.24) is 28.9 Å². The van der Waals surface area contributed by atoms with Gasteiger partial charge in [0.15, 0.2) is 11.2 Å².